The van der Waals surface area contributed by atoms with Gasteiger partial charge in [-0.2, -0.15) is 13.2 Å². The number of aromatic nitrogens is 1. The van der Waals surface area contributed by atoms with Gasteiger partial charge in [-0.15, -0.1) is 0 Å². The van der Waals surface area contributed by atoms with E-state index in [1.165, 1.54) is 0 Å². The Balaban J connectivity index is 3.34. The summed E-state index contributed by atoms with van der Waals surface area (Å²) in [4.78, 5) is 14.2. The predicted octanol–water partition coefficient (Wildman–Crippen LogP) is 2.75. The minimum absolute atomic E-state index is 0.546. The SMILES string of the molecule is COC(=O)Cc1c(C(F)(F)F)ccnc1C(F)F. The first-order valence-electron chi connectivity index (χ1n) is 4.67. The van der Waals surface area contributed by atoms with E-state index in [1.807, 2.05) is 0 Å². The second-order valence-corrected chi connectivity index (χ2v) is 3.27. The Morgan fingerprint density at radius 3 is 2.50 bits per heavy atom. The minimum atomic E-state index is -4.84. The second-order valence-electron chi connectivity index (χ2n) is 3.27. The average molecular weight is 269 g/mol. The van der Waals surface area contributed by atoms with E-state index in [4.69, 9.17) is 0 Å². The number of methoxy groups -OCH3 is 1. The fourth-order valence-corrected chi connectivity index (χ4v) is 1.36. The summed E-state index contributed by atoms with van der Waals surface area (Å²) >= 11 is 0. The molecule has 0 unspecified atom stereocenters. The normalized spacial score (nSPS) is 11.7. The van der Waals surface area contributed by atoms with E-state index in [1.54, 1.807) is 0 Å². The second kappa shape index (κ2) is 5.28. The van der Waals surface area contributed by atoms with E-state index in [2.05, 4.69) is 9.72 Å². The molecule has 0 radical (unpaired) electrons. The predicted molar refractivity (Wildman–Crippen MR) is 49.9 cm³/mol. The van der Waals surface area contributed by atoms with Gasteiger partial charge in [-0.05, 0) is 6.07 Å². The van der Waals surface area contributed by atoms with Crippen LogP contribution >= 0.6 is 0 Å². The maximum atomic E-state index is 12.6. The molecule has 0 aromatic carbocycles. The van der Waals surface area contributed by atoms with Crippen LogP contribution in [0.1, 0.15) is 23.2 Å². The van der Waals surface area contributed by atoms with Crippen LogP contribution < -0.4 is 0 Å². The molecular formula is C10H8F5NO2. The van der Waals surface area contributed by atoms with Crippen LogP contribution in [-0.4, -0.2) is 18.1 Å². The summed E-state index contributed by atoms with van der Waals surface area (Å²) in [6, 6.07) is 0.546. The molecule has 1 heterocycles. The number of esters is 1. The summed E-state index contributed by atoms with van der Waals surface area (Å²) < 4.78 is 67.2. The zero-order valence-electron chi connectivity index (χ0n) is 9.09. The molecule has 1 aromatic heterocycles. The van der Waals surface area contributed by atoms with Crippen LogP contribution in [-0.2, 0) is 22.1 Å². The molecule has 0 amide bonds. The quantitative estimate of drug-likeness (QED) is 0.625. The standard InChI is InChI=1S/C10H8F5NO2/c1-18-7(17)4-5-6(10(13,14)15)2-3-16-8(5)9(11)12/h2-3,9H,4H2,1H3. The molecule has 1 aromatic rings. The topological polar surface area (TPSA) is 39.2 Å². The molecule has 0 spiro atoms. The lowest BCUT2D eigenvalue weighted by Gasteiger charge is -2.14. The third-order valence-corrected chi connectivity index (χ3v) is 2.15. The molecule has 0 fully saturated rings. The first-order valence-corrected chi connectivity index (χ1v) is 4.67. The Morgan fingerprint density at radius 1 is 1.44 bits per heavy atom. The molecule has 100 valence electrons. The number of nitrogens with zero attached hydrogens (tertiary/aromatic N) is 1. The zero-order chi connectivity index (χ0) is 13.9. The molecule has 8 heteroatoms. The van der Waals surface area contributed by atoms with Crippen molar-refractivity contribution in [3.63, 3.8) is 0 Å². The van der Waals surface area contributed by atoms with Crippen LogP contribution in [0.3, 0.4) is 0 Å². The lowest BCUT2D eigenvalue weighted by Crippen LogP contribution is -2.16. The Labute approximate surface area is 98.6 Å². The van der Waals surface area contributed by atoms with Crippen molar-refractivity contribution in [3.05, 3.63) is 29.1 Å². The van der Waals surface area contributed by atoms with Crippen LogP contribution in [0.2, 0.25) is 0 Å². The van der Waals surface area contributed by atoms with Crippen molar-refractivity contribution in [1.82, 2.24) is 4.98 Å². The molecule has 0 aliphatic carbocycles. The highest BCUT2D eigenvalue weighted by atomic mass is 19.4. The van der Waals surface area contributed by atoms with Gasteiger partial charge in [0.15, 0.2) is 0 Å². The smallest absolute Gasteiger partial charge is 0.416 e. The van der Waals surface area contributed by atoms with Crippen LogP contribution in [0.25, 0.3) is 0 Å². The van der Waals surface area contributed by atoms with Crippen molar-refractivity contribution >= 4 is 5.97 Å². The molecule has 0 saturated heterocycles. The van der Waals surface area contributed by atoms with E-state index in [-0.39, 0.29) is 0 Å². The number of hydrogen-bond donors (Lipinski definition) is 0. The summed E-state index contributed by atoms with van der Waals surface area (Å²) in [5.74, 6) is -1.05. The van der Waals surface area contributed by atoms with Crippen molar-refractivity contribution in [2.45, 2.75) is 19.0 Å². The van der Waals surface area contributed by atoms with Crippen molar-refractivity contribution in [2.24, 2.45) is 0 Å². The summed E-state index contributed by atoms with van der Waals surface area (Å²) in [5.41, 5.74) is -3.22. The van der Waals surface area contributed by atoms with E-state index in [0.717, 1.165) is 7.11 Å². The number of carbonyl (C=O) groups is 1. The van der Waals surface area contributed by atoms with E-state index < -0.39 is 41.8 Å². The summed E-state index contributed by atoms with van der Waals surface area (Å²) in [5, 5.41) is 0. The van der Waals surface area contributed by atoms with Crippen LogP contribution in [0.4, 0.5) is 22.0 Å². The fraction of sp³-hybridized carbons (Fsp3) is 0.400. The third kappa shape index (κ3) is 3.14. The number of rotatable bonds is 3. The largest absolute Gasteiger partial charge is 0.469 e. The molecule has 0 saturated carbocycles. The molecule has 0 aliphatic rings. The molecule has 0 atom stereocenters. The number of pyridine rings is 1. The van der Waals surface area contributed by atoms with Gasteiger partial charge in [0.1, 0.15) is 5.69 Å². The van der Waals surface area contributed by atoms with Gasteiger partial charge in [0.25, 0.3) is 6.43 Å². The molecular weight excluding hydrogens is 261 g/mol. The molecule has 0 aliphatic heterocycles. The lowest BCUT2D eigenvalue weighted by atomic mass is 10.0. The molecule has 1 rings (SSSR count). The van der Waals surface area contributed by atoms with Crippen LogP contribution in [0, 0.1) is 0 Å². The van der Waals surface area contributed by atoms with E-state index >= 15 is 0 Å². The van der Waals surface area contributed by atoms with Crippen molar-refractivity contribution in [3.8, 4) is 0 Å². The van der Waals surface area contributed by atoms with Crippen molar-refractivity contribution in [1.29, 1.82) is 0 Å². The molecule has 0 N–H and O–H groups in total. The highest BCUT2D eigenvalue weighted by Crippen LogP contribution is 2.35. The van der Waals surface area contributed by atoms with E-state index in [0.29, 0.717) is 12.3 Å². The summed E-state index contributed by atoms with van der Waals surface area (Å²) in [7, 11) is 0.952. The zero-order valence-corrected chi connectivity index (χ0v) is 9.09. The Hall–Kier alpha value is -1.73. The van der Waals surface area contributed by atoms with Crippen molar-refractivity contribution < 1.29 is 31.5 Å². The summed E-state index contributed by atoms with van der Waals surface area (Å²) in [6.45, 7) is 0. The molecule has 3 nitrogen and oxygen atoms in total. The van der Waals surface area contributed by atoms with Gasteiger partial charge in [-0.3, -0.25) is 9.78 Å². The van der Waals surface area contributed by atoms with Gasteiger partial charge >= 0.3 is 12.1 Å². The van der Waals surface area contributed by atoms with Crippen LogP contribution in [0.5, 0.6) is 0 Å². The van der Waals surface area contributed by atoms with Gasteiger partial charge in [-0.1, -0.05) is 0 Å². The monoisotopic (exact) mass is 269 g/mol. The first-order chi connectivity index (χ1) is 8.27. The Bertz CT molecular complexity index is 444. The Kier molecular flexibility index (Phi) is 4.20. The maximum Gasteiger partial charge on any atom is 0.416 e. The number of hydrogen-bond acceptors (Lipinski definition) is 3. The highest BCUT2D eigenvalue weighted by molar-refractivity contribution is 5.73. The first kappa shape index (κ1) is 14.3. The van der Waals surface area contributed by atoms with Gasteiger partial charge < -0.3 is 4.74 Å². The Morgan fingerprint density at radius 2 is 2.06 bits per heavy atom. The summed E-state index contributed by atoms with van der Waals surface area (Å²) in [6.07, 6.45) is -8.31. The number of carbonyl (C=O) groups excluding carboxylic acids is 1. The van der Waals surface area contributed by atoms with Crippen molar-refractivity contribution in [2.75, 3.05) is 7.11 Å². The number of alkyl halides is 5. The number of ether oxygens (including phenoxy) is 1. The lowest BCUT2D eigenvalue weighted by molar-refractivity contribution is -0.141. The van der Waals surface area contributed by atoms with Gasteiger partial charge in [0.2, 0.25) is 0 Å². The number of halogens is 5. The average Bonchev–Trinajstić information content (AvgIpc) is 2.27. The fourth-order valence-electron chi connectivity index (χ4n) is 1.36. The van der Waals surface area contributed by atoms with Gasteiger partial charge in [0.05, 0.1) is 19.1 Å². The van der Waals surface area contributed by atoms with Gasteiger partial charge in [0, 0.05) is 11.8 Å². The molecule has 18 heavy (non-hydrogen) atoms. The van der Waals surface area contributed by atoms with Crippen LogP contribution in [0.15, 0.2) is 12.3 Å². The minimum Gasteiger partial charge on any atom is -0.469 e. The highest BCUT2D eigenvalue weighted by Gasteiger charge is 2.36. The van der Waals surface area contributed by atoms with Gasteiger partial charge in [-0.25, -0.2) is 8.78 Å². The van der Waals surface area contributed by atoms with E-state index in [9.17, 15) is 26.7 Å². The molecule has 0 bridgehead atoms. The third-order valence-electron chi connectivity index (χ3n) is 2.15. The maximum absolute atomic E-state index is 12.6.